The number of hydrogen-bond donors (Lipinski definition) is 1. The molecule has 0 amide bonds. The van der Waals surface area contributed by atoms with Crippen molar-refractivity contribution < 1.29 is 17.9 Å². The van der Waals surface area contributed by atoms with E-state index < -0.39 is 10.0 Å². The summed E-state index contributed by atoms with van der Waals surface area (Å²) in [6.07, 6.45) is 0. The second-order valence-electron chi connectivity index (χ2n) is 2.97. The van der Waals surface area contributed by atoms with Crippen molar-refractivity contribution in [1.82, 2.24) is 0 Å². The molecule has 15 heavy (non-hydrogen) atoms. The Bertz CT molecular complexity index is 467. The van der Waals surface area contributed by atoms with Gasteiger partial charge in [-0.1, -0.05) is 0 Å². The van der Waals surface area contributed by atoms with Gasteiger partial charge < -0.3 is 9.47 Å². The van der Waals surface area contributed by atoms with Crippen LogP contribution in [-0.2, 0) is 10.0 Å². The van der Waals surface area contributed by atoms with Gasteiger partial charge in [-0.25, -0.2) is 13.6 Å². The minimum Gasteiger partial charge on any atom is -0.496 e. The summed E-state index contributed by atoms with van der Waals surface area (Å²) in [4.78, 5) is -0.0386. The number of rotatable bonds is 3. The van der Waals surface area contributed by atoms with Crippen molar-refractivity contribution in [3.63, 3.8) is 0 Å². The number of ether oxygens (including phenoxy) is 2. The van der Waals surface area contributed by atoms with Crippen molar-refractivity contribution in [2.45, 2.75) is 11.8 Å². The van der Waals surface area contributed by atoms with Gasteiger partial charge in [-0.2, -0.15) is 0 Å². The lowest BCUT2D eigenvalue weighted by atomic mass is 10.2. The van der Waals surface area contributed by atoms with Crippen LogP contribution in [-0.4, -0.2) is 22.6 Å². The van der Waals surface area contributed by atoms with E-state index in [2.05, 4.69) is 0 Å². The van der Waals surface area contributed by atoms with Gasteiger partial charge in [0.1, 0.15) is 16.4 Å². The first-order chi connectivity index (χ1) is 6.91. The second kappa shape index (κ2) is 4.08. The molecule has 0 fully saturated rings. The van der Waals surface area contributed by atoms with E-state index in [1.54, 1.807) is 6.92 Å². The molecule has 0 unspecified atom stereocenters. The zero-order chi connectivity index (χ0) is 11.6. The standard InChI is InChI=1S/C9H13NO4S/c1-6-7(13-2)4-5-8(9(6)14-3)15(10,11)12/h4-5H,1-3H3,(H2,10,11,12). The van der Waals surface area contributed by atoms with Crippen LogP contribution in [0.15, 0.2) is 17.0 Å². The fourth-order valence-electron chi connectivity index (χ4n) is 1.35. The van der Waals surface area contributed by atoms with E-state index in [1.807, 2.05) is 0 Å². The SMILES string of the molecule is COc1ccc(S(N)(=O)=O)c(OC)c1C. The van der Waals surface area contributed by atoms with Gasteiger partial charge in [-0.15, -0.1) is 0 Å². The Morgan fingerprint density at radius 1 is 1.20 bits per heavy atom. The number of nitrogens with two attached hydrogens (primary N) is 1. The highest BCUT2D eigenvalue weighted by Crippen LogP contribution is 2.33. The van der Waals surface area contributed by atoms with Crippen LogP contribution in [0, 0.1) is 6.92 Å². The van der Waals surface area contributed by atoms with E-state index >= 15 is 0 Å². The molecule has 1 aromatic rings. The third-order valence-electron chi connectivity index (χ3n) is 2.05. The molecule has 0 radical (unpaired) electrons. The average Bonchev–Trinajstić information content (AvgIpc) is 2.15. The lowest BCUT2D eigenvalue weighted by Crippen LogP contribution is -2.14. The molecular formula is C9H13NO4S. The maximum atomic E-state index is 11.2. The van der Waals surface area contributed by atoms with Crippen LogP contribution in [0.3, 0.4) is 0 Å². The number of methoxy groups -OCH3 is 2. The van der Waals surface area contributed by atoms with Crippen molar-refractivity contribution in [3.8, 4) is 11.5 Å². The molecule has 1 rings (SSSR count). The highest BCUT2D eigenvalue weighted by atomic mass is 32.2. The first-order valence-electron chi connectivity index (χ1n) is 4.16. The van der Waals surface area contributed by atoms with Gasteiger partial charge in [0.05, 0.1) is 14.2 Å². The zero-order valence-electron chi connectivity index (χ0n) is 8.77. The molecule has 0 aliphatic rings. The quantitative estimate of drug-likeness (QED) is 0.828. The monoisotopic (exact) mass is 231 g/mol. The van der Waals surface area contributed by atoms with Gasteiger partial charge in [0.25, 0.3) is 0 Å². The molecule has 0 saturated carbocycles. The molecule has 84 valence electrons. The Labute approximate surface area is 88.9 Å². The van der Waals surface area contributed by atoms with Gasteiger partial charge in [0.15, 0.2) is 0 Å². The normalized spacial score (nSPS) is 11.2. The van der Waals surface area contributed by atoms with Crippen molar-refractivity contribution in [1.29, 1.82) is 0 Å². The summed E-state index contributed by atoms with van der Waals surface area (Å²) in [5, 5.41) is 5.04. The van der Waals surface area contributed by atoms with E-state index in [1.165, 1.54) is 26.4 Å². The molecule has 0 aromatic heterocycles. The molecule has 5 nitrogen and oxygen atoms in total. The number of hydrogen-bond acceptors (Lipinski definition) is 4. The molecule has 0 bridgehead atoms. The minimum atomic E-state index is -3.77. The fraction of sp³-hybridized carbons (Fsp3) is 0.333. The second-order valence-corrected chi connectivity index (χ2v) is 4.50. The molecule has 1 aromatic carbocycles. The van der Waals surface area contributed by atoms with Crippen molar-refractivity contribution in [3.05, 3.63) is 17.7 Å². The first-order valence-corrected chi connectivity index (χ1v) is 5.70. The first kappa shape index (κ1) is 11.8. The third kappa shape index (κ3) is 2.21. The minimum absolute atomic E-state index is 0.0386. The molecular weight excluding hydrogens is 218 g/mol. The lowest BCUT2D eigenvalue weighted by molar-refractivity contribution is 0.380. The van der Waals surface area contributed by atoms with Crippen LogP contribution in [0.5, 0.6) is 11.5 Å². The average molecular weight is 231 g/mol. The summed E-state index contributed by atoms with van der Waals surface area (Å²) in [7, 11) is -0.890. The van der Waals surface area contributed by atoms with Crippen LogP contribution in [0.25, 0.3) is 0 Å². The molecule has 0 spiro atoms. The Morgan fingerprint density at radius 2 is 1.80 bits per heavy atom. The fourth-order valence-corrected chi connectivity index (χ4v) is 2.10. The van der Waals surface area contributed by atoms with Gasteiger partial charge in [-0.05, 0) is 19.1 Å². The number of sulfonamides is 1. The largest absolute Gasteiger partial charge is 0.496 e. The Balaban J connectivity index is 3.52. The van der Waals surface area contributed by atoms with Crippen LogP contribution in [0.4, 0.5) is 0 Å². The summed E-state index contributed by atoms with van der Waals surface area (Å²) < 4.78 is 32.5. The molecule has 0 saturated heterocycles. The van der Waals surface area contributed by atoms with Crippen molar-refractivity contribution >= 4 is 10.0 Å². The third-order valence-corrected chi connectivity index (χ3v) is 2.99. The van der Waals surface area contributed by atoms with E-state index in [4.69, 9.17) is 14.6 Å². The maximum Gasteiger partial charge on any atom is 0.241 e. The van der Waals surface area contributed by atoms with Crippen molar-refractivity contribution in [2.24, 2.45) is 5.14 Å². The lowest BCUT2D eigenvalue weighted by Gasteiger charge is -2.12. The topological polar surface area (TPSA) is 78.6 Å². The summed E-state index contributed by atoms with van der Waals surface area (Å²) in [6, 6.07) is 2.90. The summed E-state index contributed by atoms with van der Waals surface area (Å²) in [6.45, 7) is 1.70. The highest BCUT2D eigenvalue weighted by Gasteiger charge is 2.18. The number of primary sulfonamides is 1. The van der Waals surface area contributed by atoms with Gasteiger partial charge in [0, 0.05) is 5.56 Å². The number of benzene rings is 1. The molecule has 6 heteroatoms. The predicted octanol–water partition coefficient (Wildman–Crippen LogP) is 0.660. The summed E-state index contributed by atoms with van der Waals surface area (Å²) in [5.41, 5.74) is 0.603. The Hall–Kier alpha value is -1.27. The zero-order valence-corrected chi connectivity index (χ0v) is 9.59. The van der Waals surface area contributed by atoms with Gasteiger partial charge >= 0.3 is 0 Å². The van der Waals surface area contributed by atoms with Crippen LogP contribution in [0.1, 0.15) is 5.56 Å². The molecule has 2 N–H and O–H groups in total. The maximum absolute atomic E-state index is 11.2. The predicted molar refractivity (Wildman–Crippen MR) is 55.7 cm³/mol. The van der Waals surface area contributed by atoms with E-state index in [-0.39, 0.29) is 10.6 Å². The van der Waals surface area contributed by atoms with Crippen LogP contribution >= 0.6 is 0 Å². The van der Waals surface area contributed by atoms with Crippen LogP contribution in [0.2, 0.25) is 0 Å². The Kier molecular flexibility index (Phi) is 3.21. The van der Waals surface area contributed by atoms with E-state index in [0.29, 0.717) is 11.3 Å². The summed E-state index contributed by atoms with van der Waals surface area (Å²) in [5.74, 6) is 0.774. The molecule has 0 aliphatic carbocycles. The molecule has 0 atom stereocenters. The smallest absolute Gasteiger partial charge is 0.241 e. The van der Waals surface area contributed by atoms with E-state index in [0.717, 1.165) is 0 Å². The van der Waals surface area contributed by atoms with Gasteiger partial charge in [0.2, 0.25) is 10.0 Å². The van der Waals surface area contributed by atoms with Gasteiger partial charge in [-0.3, -0.25) is 0 Å². The highest BCUT2D eigenvalue weighted by molar-refractivity contribution is 7.89. The summed E-state index contributed by atoms with van der Waals surface area (Å²) >= 11 is 0. The Morgan fingerprint density at radius 3 is 2.20 bits per heavy atom. The molecule has 0 aliphatic heterocycles. The molecule has 0 heterocycles. The van der Waals surface area contributed by atoms with Crippen LogP contribution < -0.4 is 14.6 Å². The van der Waals surface area contributed by atoms with Crippen molar-refractivity contribution in [2.75, 3.05) is 14.2 Å². The van der Waals surface area contributed by atoms with E-state index in [9.17, 15) is 8.42 Å².